The highest BCUT2D eigenvalue weighted by atomic mass is 32.2. The zero-order valence-electron chi connectivity index (χ0n) is 9.42. The standard InChI is InChI=1S/C11H14N2O3S/c1-6-9(2-3-16-6)17-10-4-7(11(14)15)8(12)5-13-10/h4-6,9H,2-3,12H2,1H3,(H,14,15). The average molecular weight is 254 g/mol. The van der Waals surface area contributed by atoms with Crippen molar-refractivity contribution in [2.75, 3.05) is 12.3 Å². The second-order valence-corrected chi connectivity index (χ2v) is 5.20. The first kappa shape index (κ1) is 12.2. The Morgan fingerprint density at radius 3 is 3.06 bits per heavy atom. The van der Waals surface area contributed by atoms with E-state index in [4.69, 9.17) is 15.6 Å². The Morgan fingerprint density at radius 2 is 2.47 bits per heavy atom. The normalized spacial score (nSPS) is 23.8. The molecule has 2 heterocycles. The van der Waals surface area contributed by atoms with E-state index in [2.05, 4.69) is 4.98 Å². The van der Waals surface area contributed by atoms with Crippen LogP contribution in [0.1, 0.15) is 23.7 Å². The number of carboxylic acids is 1. The van der Waals surface area contributed by atoms with Crippen LogP contribution in [0.25, 0.3) is 0 Å². The van der Waals surface area contributed by atoms with Crippen LogP contribution in [0.2, 0.25) is 0 Å². The predicted molar refractivity (Wildman–Crippen MR) is 65.3 cm³/mol. The van der Waals surface area contributed by atoms with Gasteiger partial charge in [-0.15, -0.1) is 11.8 Å². The number of carbonyl (C=O) groups is 1. The number of ether oxygens (including phenoxy) is 1. The lowest BCUT2D eigenvalue weighted by molar-refractivity contribution is 0.0697. The molecular formula is C11H14N2O3S. The Morgan fingerprint density at radius 1 is 1.71 bits per heavy atom. The fraction of sp³-hybridized carbons (Fsp3) is 0.455. The third kappa shape index (κ3) is 2.70. The number of hydrogen-bond donors (Lipinski definition) is 2. The molecule has 2 atom stereocenters. The first-order valence-electron chi connectivity index (χ1n) is 5.35. The summed E-state index contributed by atoms with van der Waals surface area (Å²) in [6.45, 7) is 2.76. The molecule has 0 amide bonds. The molecule has 1 aromatic heterocycles. The number of carboxylic acid groups (broad SMARTS) is 1. The molecule has 0 spiro atoms. The maximum atomic E-state index is 10.9. The molecular weight excluding hydrogens is 240 g/mol. The summed E-state index contributed by atoms with van der Waals surface area (Å²) in [6, 6.07) is 1.52. The fourth-order valence-corrected chi connectivity index (χ4v) is 2.81. The van der Waals surface area contributed by atoms with Gasteiger partial charge >= 0.3 is 5.97 Å². The van der Waals surface area contributed by atoms with E-state index in [1.54, 1.807) is 11.8 Å². The number of nitrogens with two attached hydrogens (primary N) is 1. The van der Waals surface area contributed by atoms with Crippen LogP contribution in [0.5, 0.6) is 0 Å². The van der Waals surface area contributed by atoms with Crippen molar-refractivity contribution in [1.29, 1.82) is 0 Å². The van der Waals surface area contributed by atoms with Crippen molar-refractivity contribution in [3.05, 3.63) is 17.8 Å². The zero-order valence-corrected chi connectivity index (χ0v) is 10.2. The molecule has 1 saturated heterocycles. The average Bonchev–Trinajstić information content (AvgIpc) is 2.67. The van der Waals surface area contributed by atoms with Gasteiger partial charge in [0.1, 0.15) is 0 Å². The highest BCUT2D eigenvalue weighted by Gasteiger charge is 2.26. The van der Waals surface area contributed by atoms with Gasteiger partial charge in [-0.05, 0) is 19.4 Å². The first-order chi connectivity index (χ1) is 8.08. The van der Waals surface area contributed by atoms with E-state index in [9.17, 15) is 4.79 Å². The Labute approximate surface area is 103 Å². The second-order valence-electron chi connectivity index (χ2n) is 3.94. The lowest BCUT2D eigenvalue weighted by Gasteiger charge is -2.13. The Bertz CT molecular complexity index is 439. The topological polar surface area (TPSA) is 85.4 Å². The molecule has 2 unspecified atom stereocenters. The molecule has 1 aromatic rings. The first-order valence-corrected chi connectivity index (χ1v) is 6.23. The van der Waals surface area contributed by atoms with Crippen LogP contribution in [0.15, 0.2) is 17.3 Å². The number of rotatable bonds is 3. The lowest BCUT2D eigenvalue weighted by atomic mass is 10.2. The van der Waals surface area contributed by atoms with Crippen LogP contribution < -0.4 is 5.73 Å². The smallest absolute Gasteiger partial charge is 0.337 e. The molecule has 2 rings (SSSR count). The van der Waals surface area contributed by atoms with E-state index in [1.165, 1.54) is 12.3 Å². The van der Waals surface area contributed by atoms with Crippen molar-refractivity contribution in [2.24, 2.45) is 0 Å². The summed E-state index contributed by atoms with van der Waals surface area (Å²) in [7, 11) is 0. The Hall–Kier alpha value is -1.27. The van der Waals surface area contributed by atoms with Gasteiger partial charge in [-0.3, -0.25) is 0 Å². The van der Waals surface area contributed by atoms with Crippen molar-refractivity contribution >= 4 is 23.4 Å². The molecule has 0 bridgehead atoms. The highest BCUT2D eigenvalue weighted by Crippen LogP contribution is 2.32. The Kier molecular flexibility index (Phi) is 3.54. The molecule has 92 valence electrons. The van der Waals surface area contributed by atoms with Crippen LogP contribution in [0.4, 0.5) is 5.69 Å². The van der Waals surface area contributed by atoms with Gasteiger partial charge < -0.3 is 15.6 Å². The van der Waals surface area contributed by atoms with E-state index in [1.807, 2.05) is 6.92 Å². The zero-order chi connectivity index (χ0) is 12.4. The van der Waals surface area contributed by atoms with Gasteiger partial charge in [0.05, 0.1) is 28.6 Å². The molecule has 5 nitrogen and oxygen atoms in total. The minimum absolute atomic E-state index is 0.106. The number of pyridine rings is 1. The third-order valence-electron chi connectivity index (χ3n) is 2.72. The van der Waals surface area contributed by atoms with E-state index in [0.717, 1.165) is 13.0 Å². The molecule has 1 fully saturated rings. The van der Waals surface area contributed by atoms with Crippen LogP contribution >= 0.6 is 11.8 Å². The van der Waals surface area contributed by atoms with Gasteiger partial charge in [-0.2, -0.15) is 0 Å². The molecule has 0 radical (unpaired) electrons. The van der Waals surface area contributed by atoms with Crippen molar-refractivity contribution in [3.63, 3.8) is 0 Å². The molecule has 3 N–H and O–H groups in total. The van der Waals surface area contributed by atoms with Gasteiger partial charge in [0.2, 0.25) is 0 Å². The van der Waals surface area contributed by atoms with Crippen LogP contribution in [0.3, 0.4) is 0 Å². The molecule has 0 aliphatic carbocycles. The SMILES string of the molecule is CC1OCCC1Sc1cc(C(=O)O)c(N)cn1. The minimum Gasteiger partial charge on any atom is -0.478 e. The van der Waals surface area contributed by atoms with Gasteiger partial charge in [-0.25, -0.2) is 9.78 Å². The fourth-order valence-electron chi connectivity index (χ4n) is 1.72. The highest BCUT2D eigenvalue weighted by molar-refractivity contribution is 7.99. The summed E-state index contributed by atoms with van der Waals surface area (Å²) in [5, 5.41) is 9.97. The lowest BCUT2D eigenvalue weighted by Crippen LogP contribution is -2.13. The number of hydrogen-bond acceptors (Lipinski definition) is 5. The van der Waals surface area contributed by atoms with Crippen molar-refractivity contribution in [2.45, 2.75) is 29.7 Å². The molecule has 6 heteroatoms. The number of nitrogens with zero attached hydrogens (tertiary/aromatic N) is 1. The summed E-state index contributed by atoms with van der Waals surface area (Å²) in [6.07, 6.45) is 2.53. The summed E-state index contributed by atoms with van der Waals surface area (Å²) in [5.74, 6) is -1.03. The van der Waals surface area contributed by atoms with E-state index in [0.29, 0.717) is 10.3 Å². The van der Waals surface area contributed by atoms with E-state index in [-0.39, 0.29) is 17.4 Å². The number of thioether (sulfide) groups is 1. The van der Waals surface area contributed by atoms with E-state index < -0.39 is 5.97 Å². The van der Waals surface area contributed by atoms with Crippen LogP contribution in [0, 0.1) is 0 Å². The monoisotopic (exact) mass is 254 g/mol. The predicted octanol–water partition coefficient (Wildman–Crippen LogP) is 1.63. The summed E-state index contributed by atoms with van der Waals surface area (Å²) >= 11 is 1.54. The third-order valence-corrected chi connectivity index (χ3v) is 4.11. The number of aromatic carboxylic acids is 1. The minimum atomic E-state index is -1.03. The Balaban J connectivity index is 2.16. The van der Waals surface area contributed by atoms with Gasteiger partial charge in [0.25, 0.3) is 0 Å². The molecule has 17 heavy (non-hydrogen) atoms. The molecule has 1 aliphatic heterocycles. The molecule has 0 aromatic carbocycles. The van der Waals surface area contributed by atoms with Crippen molar-refractivity contribution < 1.29 is 14.6 Å². The summed E-state index contributed by atoms with van der Waals surface area (Å²) in [5.41, 5.74) is 5.85. The van der Waals surface area contributed by atoms with Crippen molar-refractivity contribution in [3.8, 4) is 0 Å². The maximum Gasteiger partial charge on any atom is 0.337 e. The van der Waals surface area contributed by atoms with Crippen LogP contribution in [-0.2, 0) is 4.74 Å². The summed E-state index contributed by atoms with van der Waals surface area (Å²) < 4.78 is 5.45. The number of aromatic nitrogens is 1. The van der Waals surface area contributed by atoms with Crippen LogP contribution in [-0.4, -0.2) is 34.0 Å². The largest absolute Gasteiger partial charge is 0.478 e. The van der Waals surface area contributed by atoms with Gasteiger partial charge in [-0.1, -0.05) is 0 Å². The molecule has 0 saturated carbocycles. The number of anilines is 1. The van der Waals surface area contributed by atoms with Gasteiger partial charge in [0.15, 0.2) is 0 Å². The number of nitrogen functional groups attached to an aromatic ring is 1. The molecule has 1 aliphatic rings. The second kappa shape index (κ2) is 4.93. The maximum absolute atomic E-state index is 10.9. The summed E-state index contributed by atoms with van der Waals surface area (Å²) in [4.78, 5) is 15.1. The van der Waals surface area contributed by atoms with Gasteiger partial charge in [0, 0.05) is 11.9 Å². The quantitative estimate of drug-likeness (QED) is 0.852. The van der Waals surface area contributed by atoms with Crippen molar-refractivity contribution in [1.82, 2.24) is 4.98 Å². The van der Waals surface area contributed by atoms with E-state index >= 15 is 0 Å².